The van der Waals surface area contributed by atoms with Gasteiger partial charge >= 0.3 is 0 Å². The van der Waals surface area contributed by atoms with Crippen molar-refractivity contribution in [2.24, 2.45) is 0 Å². The lowest BCUT2D eigenvalue weighted by Crippen LogP contribution is -2.12. The van der Waals surface area contributed by atoms with Gasteiger partial charge in [-0.1, -0.05) is 11.2 Å². The third-order valence-corrected chi connectivity index (χ3v) is 4.60. The molecule has 1 aliphatic rings. The Morgan fingerprint density at radius 1 is 0.963 bits per heavy atom. The maximum Gasteiger partial charge on any atom is 0.227 e. The highest BCUT2D eigenvalue weighted by atomic mass is 16.5. The van der Waals surface area contributed by atoms with E-state index >= 15 is 0 Å². The zero-order valence-electron chi connectivity index (χ0n) is 14.5. The van der Waals surface area contributed by atoms with Crippen LogP contribution in [0.15, 0.2) is 53.5 Å². The SMILES string of the molecule is c1cc(-c2ccon2)nc(-c2ccnc(Nc3cnn4c3CCCC4)n2)c1. The van der Waals surface area contributed by atoms with Gasteiger partial charge < -0.3 is 9.84 Å². The van der Waals surface area contributed by atoms with Crippen molar-refractivity contribution >= 4 is 11.6 Å². The molecule has 5 rings (SSSR count). The number of nitrogens with zero attached hydrogens (tertiary/aromatic N) is 6. The fourth-order valence-corrected chi connectivity index (χ4v) is 3.27. The van der Waals surface area contributed by atoms with Gasteiger partial charge in [0.05, 0.1) is 34.7 Å². The molecule has 134 valence electrons. The van der Waals surface area contributed by atoms with Crippen molar-refractivity contribution in [3.05, 3.63) is 54.7 Å². The first-order chi connectivity index (χ1) is 13.4. The molecule has 0 radical (unpaired) electrons. The normalized spacial score (nSPS) is 13.3. The molecule has 8 nitrogen and oxygen atoms in total. The summed E-state index contributed by atoms with van der Waals surface area (Å²) < 4.78 is 6.96. The summed E-state index contributed by atoms with van der Waals surface area (Å²) in [4.78, 5) is 13.6. The van der Waals surface area contributed by atoms with E-state index in [0.717, 1.165) is 35.7 Å². The van der Waals surface area contributed by atoms with Crippen LogP contribution in [-0.2, 0) is 13.0 Å². The summed E-state index contributed by atoms with van der Waals surface area (Å²) in [5, 5.41) is 11.7. The number of aromatic nitrogens is 6. The highest BCUT2D eigenvalue weighted by Crippen LogP contribution is 2.25. The highest BCUT2D eigenvalue weighted by Gasteiger charge is 2.16. The lowest BCUT2D eigenvalue weighted by molar-refractivity contribution is 0.422. The number of nitrogens with one attached hydrogen (secondary N) is 1. The molecular weight excluding hydrogens is 342 g/mol. The Balaban J connectivity index is 1.44. The Morgan fingerprint density at radius 2 is 1.85 bits per heavy atom. The first-order valence-corrected chi connectivity index (χ1v) is 8.90. The van der Waals surface area contributed by atoms with Gasteiger partial charge in [-0.2, -0.15) is 5.10 Å². The monoisotopic (exact) mass is 359 g/mol. The molecule has 8 heteroatoms. The molecule has 4 aromatic rings. The summed E-state index contributed by atoms with van der Waals surface area (Å²) in [6, 6.07) is 9.35. The second-order valence-corrected chi connectivity index (χ2v) is 6.37. The molecule has 0 saturated carbocycles. The first kappa shape index (κ1) is 15.7. The Kier molecular flexibility index (Phi) is 3.86. The Hall–Kier alpha value is -3.55. The number of hydrogen-bond donors (Lipinski definition) is 1. The summed E-state index contributed by atoms with van der Waals surface area (Å²) in [7, 11) is 0. The summed E-state index contributed by atoms with van der Waals surface area (Å²) in [6.07, 6.45) is 8.48. The van der Waals surface area contributed by atoms with Crippen molar-refractivity contribution < 1.29 is 4.52 Å². The lowest BCUT2D eigenvalue weighted by Gasteiger charge is -2.15. The van der Waals surface area contributed by atoms with E-state index in [1.165, 1.54) is 24.8 Å². The molecule has 0 unspecified atom stereocenters. The van der Waals surface area contributed by atoms with Gasteiger partial charge in [0.15, 0.2) is 0 Å². The van der Waals surface area contributed by atoms with E-state index in [4.69, 9.17) is 4.52 Å². The minimum atomic E-state index is 0.530. The van der Waals surface area contributed by atoms with Crippen molar-refractivity contribution in [3.63, 3.8) is 0 Å². The van der Waals surface area contributed by atoms with Gasteiger partial charge in [-0.25, -0.2) is 15.0 Å². The van der Waals surface area contributed by atoms with Crippen molar-refractivity contribution in [2.45, 2.75) is 25.8 Å². The second kappa shape index (κ2) is 6.64. The molecule has 0 amide bonds. The van der Waals surface area contributed by atoms with Crippen LogP contribution in [0.1, 0.15) is 18.5 Å². The quantitative estimate of drug-likeness (QED) is 0.596. The van der Waals surface area contributed by atoms with E-state index in [1.807, 2.05) is 30.5 Å². The maximum atomic E-state index is 4.90. The maximum absolute atomic E-state index is 4.90. The molecule has 0 bridgehead atoms. The zero-order chi connectivity index (χ0) is 18.1. The van der Waals surface area contributed by atoms with Crippen LogP contribution in [-0.4, -0.2) is 29.9 Å². The van der Waals surface area contributed by atoms with Gasteiger partial charge in [0.1, 0.15) is 12.0 Å². The van der Waals surface area contributed by atoms with Crippen LogP contribution in [0.4, 0.5) is 11.6 Å². The van der Waals surface area contributed by atoms with Gasteiger partial charge in [-0.05, 0) is 37.5 Å². The molecule has 0 spiro atoms. The van der Waals surface area contributed by atoms with Gasteiger partial charge in [0.25, 0.3) is 0 Å². The predicted octanol–water partition coefficient (Wildman–Crippen LogP) is 3.47. The number of aryl methyl sites for hydroxylation is 1. The van der Waals surface area contributed by atoms with E-state index in [9.17, 15) is 0 Å². The average Bonchev–Trinajstić information content (AvgIpc) is 3.39. The summed E-state index contributed by atoms with van der Waals surface area (Å²) in [5.41, 5.74) is 5.09. The molecule has 1 N–H and O–H groups in total. The minimum absolute atomic E-state index is 0.530. The van der Waals surface area contributed by atoms with Crippen LogP contribution in [0, 0.1) is 0 Å². The average molecular weight is 359 g/mol. The van der Waals surface area contributed by atoms with Crippen LogP contribution in [0.2, 0.25) is 0 Å². The molecular formula is C19H17N7O. The molecule has 0 atom stereocenters. The topological polar surface area (TPSA) is 94.5 Å². The molecule has 5 heterocycles. The number of rotatable bonds is 4. The van der Waals surface area contributed by atoms with Crippen LogP contribution in [0.3, 0.4) is 0 Å². The van der Waals surface area contributed by atoms with Gasteiger partial charge in [-0.3, -0.25) is 4.68 Å². The molecule has 0 aliphatic carbocycles. The predicted molar refractivity (Wildman–Crippen MR) is 99.2 cm³/mol. The number of pyridine rings is 1. The lowest BCUT2D eigenvalue weighted by atomic mass is 10.1. The van der Waals surface area contributed by atoms with E-state index in [0.29, 0.717) is 11.6 Å². The number of fused-ring (bicyclic) bond motifs is 1. The number of hydrogen-bond acceptors (Lipinski definition) is 7. The van der Waals surface area contributed by atoms with Crippen LogP contribution in [0.5, 0.6) is 0 Å². The van der Waals surface area contributed by atoms with Crippen LogP contribution in [0.25, 0.3) is 22.8 Å². The Bertz CT molecular complexity index is 1070. The van der Waals surface area contributed by atoms with E-state index in [1.54, 1.807) is 12.3 Å². The van der Waals surface area contributed by atoms with E-state index in [-0.39, 0.29) is 0 Å². The smallest absolute Gasteiger partial charge is 0.227 e. The summed E-state index contributed by atoms with van der Waals surface area (Å²) in [5.74, 6) is 0.530. The zero-order valence-corrected chi connectivity index (χ0v) is 14.5. The van der Waals surface area contributed by atoms with Crippen LogP contribution < -0.4 is 5.32 Å². The van der Waals surface area contributed by atoms with Crippen LogP contribution >= 0.6 is 0 Å². The molecule has 1 aliphatic heterocycles. The molecule has 27 heavy (non-hydrogen) atoms. The standard InChI is InChI=1S/C19H17N7O/c1-2-10-26-18(6-1)17(12-21-26)24-19-20-9-7-15(23-19)13-4-3-5-14(22-13)16-8-11-27-25-16/h3-5,7-9,11-12H,1-2,6,10H2,(H,20,23,24). The van der Waals surface area contributed by atoms with E-state index in [2.05, 4.69) is 35.2 Å². The van der Waals surface area contributed by atoms with Gasteiger partial charge in [-0.15, -0.1) is 0 Å². The first-order valence-electron chi connectivity index (χ1n) is 8.90. The summed E-state index contributed by atoms with van der Waals surface area (Å²) >= 11 is 0. The summed E-state index contributed by atoms with van der Waals surface area (Å²) in [6.45, 7) is 0.969. The minimum Gasteiger partial charge on any atom is -0.364 e. The van der Waals surface area contributed by atoms with E-state index < -0.39 is 0 Å². The highest BCUT2D eigenvalue weighted by molar-refractivity contribution is 5.63. The second-order valence-electron chi connectivity index (χ2n) is 6.37. The third-order valence-electron chi connectivity index (χ3n) is 4.60. The van der Waals surface area contributed by atoms with Crippen molar-refractivity contribution in [1.29, 1.82) is 0 Å². The third kappa shape index (κ3) is 3.05. The Labute approximate surface area is 155 Å². The molecule has 4 aromatic heterocycles. The fourth-order valence-electron chi connectivity index (χ4n) is 3.27. The fraction of sp³-hybridized carbons (Fsp3) is 0.211. The van der Waals surface area contributed by atoms with Crippen molar-refractivity contribution in [2.75, 3.05) is 5.32 Å². The molecule has 0 aromatic carbocycles. The van der Waals surface area contributed by atoms with Gasteiger partial charge in [0.2, 0.25) is 5.95 Å². The largest absolute Gasteiger partial charge is 0.364 e. The molecule has 0 fully saturated rings. The Morgan fingerprint density at radius 3 is 2.74 bits per heavy atom. The van der Waals surface area contributed by atoms with Crippen molar-refractivity contribution in [1.82, 2.24) is 29.9 Å². The molecule has 0 saturated heterocycles. The van der Waals surface area contributed by atoms with Crippen molar-refractivity contribution in [3.8, 4) is 22.8 Å². The van der Waals surface area contributed by atoms with Gasteiger partial charge in [0, 0.05) is 18.8 Å². The number of anilines is 2.